The average molecular weight is 230 g/mol. The van der Waals surface area contributed by atoms with Gasteiger partial charge in [0.15, 0.2) is 5.84 Å². The lowest BCUT2D eigenvalue weighted by Gasteiger charge is -2.04. The molecule has 6 heteroatoms. The van der Waals surface area contributed by atoms with E-state index in [2.05, 4.69) is 15.1 Å². The van der Waals surface area contributed by atoms with Crippen molar-refractivity contribution in [2.45, 2.75) is 0 Å². The van der Waals surface area contributed by atoms with Crippen LogP contribution in [-0.2, 0) is 0 Å². The summed E-state index contributed by atoms with van der Waals surface area (Å²) in [6.45, 7) is 0. The smallest absolute Gasteiger partial charge is 0.237 e. The van der Waals surface area contributed by atoms with Gasteiger partial charge in [-0.05, 0) is 12.1 Å². The summed E-state index contributed by atoms with van der Waals surface area (Å²) in [7, 11) is 0. The molecular weight excluding hydrogens is 220 g/mol. The van der Waals surface area contributed by atoms with E-state index in [0.29, 0.717) is 11.6 Å². The standard InChI is InChI=1S/C11H10N4O2/c12-11(15-16)9-6-14-10(7-13-9)17-8-4-2-1-3-5-8/h1-7,16H,(H2,12,15). The Morgan fingerprint density at radius 3 is 2.53 bits per heavy atom. The van der Waals surface area contributed by atoms with Crippen LogP contribution >= 0.6 is 0 Å². The first-order chi connectivity index (χ1) is 8.29. The van der Waals surface area contributed by atoms with E-state index < -0.39 is 0 Å². The van der Waals surface area contributed by atoms with E-state index in [1.807, 2.05) is 18.2 Å². The first kappa shape index (κ1) is 10.9. The lowest BCUT2D eigenvalue weighted by Crippen LogP contribution is -2.15. The number of oxime groups is 1. The van der Waals surface area contributed by atoms with Gasteiger partial charge in [0.05, 0.1) is 12.4 Å². The molecule has 1 aromatic carbocycles. The van der Waals surface area contributed by atoms with Crippen molar-refractivity contribution in [1.29, 1.82) is 0 Å². The number of amidine groups is 1. The Kier molecular flexibility index (Phi) is 3.15. The fourth-order valence-electron chi connectivity index (χ4n) is 1.16. The monoisotopic (exact) mass is 230 g/mol. The predicted octanol–water partition coefficient (Wildman–Crippen LogP) is 1.36. The molecule has 0 unspecified atom stereocenters. The molecule has 1 heterocycles. The maximum Gasteiger partial charge on any atom is 0.237 e. The van der Waals surface area contributed by atoms with Crippen LogP contribution in [-0.4, -0.2) is 21.0 Å². The fraction of sp³-hybridized carbons (Fsp3) is 0. The minimum Gasteiger partial charge on any atom is -0.438 e. The van der Waals surface area contributed by atoms with Gasteiger partial charge in [-0.2, -0.15) is 0 Å². The van der Waals surface area contributed by atoms with Crippen LogP contribution in [0.25, 0.3) is 0 Å². The predicted molar refractivity (Wildman–Crippen MR) is 61.1 cm³/mol. The molecule has 3 N–H and O–H groups in total. The topological polar surface area (TPSA) is 93.6 Å². The van der Waals surface area contributed by atoms with E-state index >= 15 is 0 Å². The van der Waals surface area contributed by atoms with E-state index in [-0.39, 0.29) is 11.5 Å². The number of ether oxygens (including phenoxy) is 1. The van der Waals surface area contributed by atoms with Crippen LogP contribution in [0.5, 0.6) is 11.6 Å². The molecule has 0 bridgehead atoms. The highest BCUT2D eigenvalue weighted by Crippen LogP contribution is 2.17. The van der Waals surface area contributed by atoms with Gasteiger partial charge in [0.2, 0.25) is 5.88 Å². The number of rotatable bonds is 3. The van der Waals surface area contributed by atoms with E-state index in [1.165, 1.54) is 12.4 Å². The van der Waals surface area contributed by atoms with Crippen molar-refractivity contribution in [2.24, 2.45) is 10.9 Å². The van der Waals surface area contributed by atoms with Crippen molar-refractivity contribution >= 4 is 5.84 Å². The number of benzene rings is 1. The first-order valence-electron chi connectivity index (χ1n) is 4.82. The Bertz CT molecular complexity index is 511. The molecule has 1 aromatic heterocycles. The van der Waals surface area contributed by atoms with Crippen molar-refractivity contribution in [3.8, 4) is 11.6 Å². The highest BCUT2D eigenvalue weighted by Gasteiger charge is 2.03. The molecule has 2 rings (SSSR count). The van der Waals surface area contributed by atoms with Crippen LogP contribution < -0.4 is 10.5 Å². The van der Waals surface area contributed by atoms with Crippen molar-refractivity contribution in [1.82, 2.24) is 9.97 Å². The van der Waals surface area contributed by atoms with Gasteiger partial charge in [-0.1, -0.05) is 23.4 Å². The second-order valence-electron chi connectivity index (χ2n) is 3.14. The Balaban J connectivity index is 2.14. The Morgan fingerprint density at radius 1 is 1.18 bits per heavy atom. The summed E-state index contributed by atoms with van der Waals surface area (Å²) in [5.74, 6) is 0.910. The normalized spacial score (nSPS) is 11.2. The zero-order valence-corrected chi connectivity index (χ0v) is 8.82. The van der Waals surface area contributed by atoms with Crippen molar-refractivity contribution in [3.05, 3.63) is 48.4 Å². The van der Waals surface area contributed by atoms with Gasteiger partial charge in [0.25, 0.3) is 0 Å². The summed E-state index contributed by atoms with van der Waals surface area (Å²) < 4.78 is 5.43. The third-order valence-corrected chi connectivity index (χ3v) is 1.96. The number of nitrogens with two attached hydrogens (primary N) is 1. The summed E-state index contributed by atoms with van der Waals surface area (Å²) in [5.41, 5.74) is 5.64. The van der Waals surface area contributed by atoms with Gasteiger partial charge >= 0.3 is 0 Å². The van der Waals surface area contributed by atoms with Gasteiger partial charge in [-0.15, -0.1) is 0 Å². The molecule has 0 aliphatic carbocycles. The second kappa shape index (κ2) is 4.93. The molecule has 0 aliphatic rings. The number of para-hydroxylation sites is 1. The molecule has 17 heavy (non-hydrogen) atoms. The summed E-state index contributed by atoms with van der Waals surface area (Å²) in [5, 5.41) is 11.3. The average Bonchev–Trinajstić information content (AvgIpc) is 2.40. The fourth-order valence-corrected chi connectivity index (χ4v) is 1.16. The van der Waals surface area contributed by atoms with Crippen molar-refractivity contribution < 1.29 is 9.94 Å². The molecule has 86 valence electrons. The number of hydrogen-bond acceptors (Lipinski definition) is 5. The summed E-state index contributed by atoms with van der Waals surface area (Å²) >= 11 is 0. The largest absolute Gasteiger partial charge is 0.438 e. The van der Waals surface area contributed by atoms with Crippen LogP contribution in [0.1, 0.15) is 5.69 Å². The molecule has 0 spiro atoms. The third kappa shape index (κ3) is 2.69. The van der Waals surface area contributed by atoms with Crippen LogP contribution in [0.15, 0.2) is 47.9 Å². The Labute approximate surface area is 97.4 Å². The van der Waals surface area contributed by atoms with E-state index in [0.717, 1.165) is 0 Å². The third-order valence-electron chi connectivity index (χ3n) is 1.96. The van der Waals surface area contributed by atoms with Gasteiger partial charge in [-0.25, -0.2) is 9.97 Å². The molecule has 0 radical (unpaired) electrons. The maximum atomic E-state index is 8.46. The zero-order chi connectivity index (χ0) is 12.1. The molecule has 2 aromatic rings. The van der Waals surface area contributed by atoms with Gasteiger partial charge < -0.3 is 15.7 Å². The molecule has 0 saturated carbocycles. The van der Waals surface area contributed by atoms with Crippen LogP contribution in [0.4, 0.5) is 0 Å². The highest BCUT2D eigenvalue weighted by atomic mass is 16.5. The molecule has 0 atom stereocenters. The van der Waals surface area contributed by atoms with Crippen LogP contribution in [0.3, 0.4) is 0 Å². The second-order valence-corrected chi connectivity index (χ2v) is 3.14. The molecule has 6 nitrogen and oxygen atoms in total. The minimum absolute atomic E-state index is 0.0937. The minimum atomic E-state index is -0.0937. The van der Waals surface area contributed by atoms with Gasteiger partial charge in [0.1, 0.15) is 11.4 Å². The van der Waals surface area contributed by atoms with Crippen molar-refractivity contribution in [3.63, 3.8) is 0 Å². The Hall–Kier alpha value is -2.63. The van der Waals surface area contributed by atoms with Crippen LogP contribution in [0, 0.1) is 0 Å². The molecular formula is C11H10N4O2. The first-order valence-corrected chi connectivity index (χ1v) is 4.82. The van der Waals surface area contributed by atoms with Gasteiger partial charge in [-0.3, -0.25) is 0 Å². The summed E-state index contributed by atoms with van der Waals surface area (Å²) in [6.07, 6.45) is 2.77. The number of hydrogen-bond donors (Lipinski definition) is 2. The van der Waals surface area contributed by atoms with Crippen LogP contribution in [0.2, 0.25) is 0 Å². The van der Waals surface area contributed by atoms with E-state index in [1.54, 1.807) is 12.1 Å². The lowest BCUT2D eigenvalue weighted by atomic mass is 10.3. The molecule has 0 amide bonds. The number of aromatic nitrogens is 2. The van der Waals surface area contributed by atoms with E-state index in [9.17, 15) is 0 Å². The SMILES string of the molecule is NC(=NO)c1cnc(Oc2ccccc2)cn1. The zero-order valence-electron chi connectivity index (χ0n) is 8.82. The van der Waals surface area contributed by atoms with Crippen molar-refractivity contribution in [2.75, 3.05) is 0 Å². The quantitative estimate of drug-likeness (QED) is 0.359. The lowest BCUT2D eigenvalue weighted by molar-refractivity contribution is 0.318. The Morgan fingerprint density at radius 2 is 1.94 bits per heavy atom. The molecule has 0 saturated heterocycles. The molecule has 0 fully saturated rings. The highest BCUT2D eigenvalue weighted by molar-refractivity contribution is 5.94. The summed E-state index contributed by atoms with van der Waals surface area (Å²) in [6, 6.07) is 9.21. The summed E-state index contributed by atoms with van der Waals surface area (Å²) in [4.78, 5) is 7.93. The van der Waals surface area contributed by atoms with E-state index in [4.69, 9.17) is 15.7 Å². The molecule has 0 aliphatic heterocycles. The van der Waals surface area contributed by atoms with Gasteiger partial charge in [0, 0.05) is 0 Å². The maximum absolute atomic E-state index is 8.46. The number of nitrogens with zero attached hydrogens (tertiary/aromatic N) is 3.